The van der Waals surface area contributed by atoms with Gasteiger partial charge < -0.3 is 9.72 Å². The van der Waals surface area contributed by atoms with Crippen LogP contribution in [-0.2, 0) is 4.79 Å². The van der Waals surface area contributed by atoms with Crippen LogP contribution in [0.4, 0.5) is 0 Å². The van der Waals surface area contributed by atoms with E-state index in [0.717, 1.165) is 6.08 Å². The maximum Gasteiger partial charge on any atom is 0.335 e. The first-order valence-corrected chi connectivity index (χ1v) is 2.80. The predicted molar refractivity (Wildman–Crippen MR) is 36.6 cm³/mol. The van der Waals surface area contributed by atoms with E-state index in [4.69, 9.17) is 4.74 Å². The maximum atomic E-state index is 10.5. The minimum absolute atomic E-state index is 0.445. The number of hydrogen-bond acceptors (Lipinski definition) is 2. The van der Waals surface area contributed by atoms with E-state index in [0.29, 0.717) is 5.75 Å². The molecule has 0 aliphatic heterocycles. The molecule has 52 valence electrons. The second-order valence-corrected chi connectivity index (χ2v) is 1.67. The summed E-state index contributed by atoms with van der Waals surface area (Å²) in [5.74, 6) is 0.0597. The Hall–Kier alpha value is -1.51. The Balaban J connectivity index is 2.56. The average Bonchev–Trinajstić information content (AvgIpc) is 2.40. The second-order valence-electron chi connectivity index (χ2n) is 1.67. The number of H-pyrrole nitrogens is 1. The van der Waals surface area contributed by atoms with Gasteiger partial charge in [-0.1, -0.05) is 6.58 Å². The van der Waals surface area contributed by atoms with Gasteiger partial charge in [0.25, 0.3) is 0 Å². The van der Waals surface area contributed by atoms with Crippen LogP contribution < -0.4 is 4.74 Å². The molecular weight excluding hydrogens is 130 g/mol. The van der Waals surface area contributed by atoms with Crippen molar-refractivity contribution in [3.63, 3.8) is 0 Å². The molecule has 10 heavy (non-hydrogen) atoms. The lowest BCUT2D eigenvalue weighted by Crippen LogP contribution is -2.01. The van der Waals surface area contributed by atoms with E-state index >= 15 is 0 Å². The third-order valence-corrected chi connectivity index (χ3v) is 0.955. The third kappa shape index (κ3) is 1.48. The first-order chi connectivity index (χ1) is 4.83. The van der Waals surface area contributed by atoms with Gasteiger partial charge >= 0.3 is 5.97 Å². The third-order valence-electron chi connectivity index (χ3n) is 0.955. The van der Waals surface area contributed by atoms with Gasteiger partial charge in [-0.25, -0.2) is 4.79 Å². The quantitative estimate of drug-likeness (QED) is 0.490. The molecule has 0 aliphatic carbocycles. The minimum Gasteiger partial charge on any atom is -0.422 e. The highest BCUT2D eigenvalue weighted by Gasteiger charge is 1.96. The molecule has 1 heterocycles. The predicted octanol–water partition coefficient (Wildman–Crippen LogP) is 1.11. The molecule has 0 unspecified atom stereocenters. The van der Waals surface area contributed by atoms with Crippen molar-refractivity contribution in [1.82, 2.24) is 4.98 Å². The molecule has 1 N–H and O–H groups in total. The minimum atomic E-state index is -0.445. The summed E-state index contributed by atoms with van der Waals surface area (Å²) in [6.07, 6.45) is 4.38. The van der Waals surface area contributed by atoms with Crippen molar-refractivity contribution < 1.29 is 9.53 Å². The molecular formula is C7H7NO2. The fraction of sp³-hybridized carbons (Fsp3) is 0. The van der Waals surface area contributed by atoms with Crippen LogP contribution in [0.3, 0.4) is 0 Å². The highest BCUT2D eigenvalue weighted by atomic mass is 16.5. The Kier molecular flexibility index (Phi) is 1.89. The lowest BCUT2D eigenvalue weighted by molar-refractivity contribution is -0.128. The van der Waals surface area contributed by atoms with E-state index < -0.39 is 5.97 Å². The number of rotatable bonds is 2. The Bertz CT molecular complexity index is 226. The summed E-state index contributed by atoms with van der Waals surface area (Å²) in [4.78, 5) is 13.3. The standard InChI is InChI=1S/C7H7NO2/c1-2-7(9)10-6-3-4-8-5-6/h2-5,8H,1H2. The molecule has 1 aromatic heterocycles. The van der Waals surface area contributed by atoms with Gasteiger partial charge in [0.2, 0.25) is 0 Å². The summed E-state index contributed by atoms with van der Waals surface area (Å²) in [6, 6.07) is 1.65. The number of hydrogen-bond donors (Lipinski definition) is 1. The maximum absolute atomic E-state index is 10.5. The summed E-state index contributed by atoms with van der Waals surface area (Å²) < 4.78 is 4.72. The molecule has 0 atom stereocenters. The lowest BCUT2D eigenvalue weighted by atomic mass is 10.6. The molecule has 3 nitrogen and oxygen atoms in total. The van der Waals surface area contributed by atoms with Crippen molar-refractivity contribution in [3.05, 3.63) is 31.1 Å². The van der Waals surface area contributed by atoms with Gasteiger partial charge in [0, 0.05) is 18.5 Å². The highest BCUT2D eigenvalue weighted by molar-refractivity contribution is 5.83. The van der Waals surface area contributed by atoms with E-state index in [1.165, 1.54) is 0 Å². The van der Waals surface area contributed by atoms with Gasteiger partial charge in [-0.3, -0.25) is 0 Å². The van der Waals surface area contributed by atoms with E-state index in [2.05, 4.69) is 11.6 Å². The molecule has 3 heteroatoms. The largest absolute Gasteiger partial charge is 0.422 e. The van der Waals surface area contributed by atoms with Crippen molar-refractivity contribution in [1.29, 1.82) is 0 Å². The molecule has 0 amide bonds. The van der Waals surface area contributed by atoms with Gasteiger partial charge in [-0.2, -0.15) is 0 Å². The van der Waals surface area contributed by atoms with Crippen molar-refractivity contribution >= 4 is 5.97 Å². The average molecular weight is 137 g/mol. The molecule has 1 rings (SSSR count). The molecule has 0 aromatic carbocycles. The first kappa shape index (κ1) is 6.61. The molecule has 0 bridgehead atoms. The van der Waals surface area contributed by atoms with Crippen molar-refractivity contribution in [3.8, 4) is 5.75 Å². The molecule has 0 radical (unpaired) electrons. The summed E-state index contributed by atoms with van der Waals surface area (Å²) >= 11 is 0. The fourth-order valence-corrected chi connectivity index (χ4v) is 0.530. The van der Waals surface area contributed by atoms with E-state index in [-0.39, 0.29) is 0 Å². The number of esters is 1. The number of ether oxygens (including phenoxy) is 1. The lowest BCUT2D eigenvalue weighted by Gasteiger charge is -1.93. The van der Waals surface area contributed by atoms with E-state index in [1.807, 2.05) is 0 Å². The molecule has 0 spiro atoms. The van der Waals surface area contributed by atoms with Crippen LogP contribution in [0.15, 0.2) is 31.1 Å². The zero-order valence-electron chi connectivity index (χ0n) is 5.33. The molecule has 0 saturated carbocycles. The highest BCUT2D eigenvalue weighted by Crippen LogP contribution is 2.06. The molecule has 0 fully saturated rings. The SMILES string of the molecule is C=CC(=O)Oc1cc[nH]c1. The van der Waals surface area contributed by atoms with Crippen LogP contribution in [0, 0.1) is 0 Å². The number of aromatic nitrogens is 1. The Morgan fingerprint density at radius 1 is 1.80 bits per heavy atom. The van der Waals surface area contributed by atoms with Crippen LogP contribution in [0.5, 0.6) is 5.75 Å². The summed E-state index contributed by atoms with van der Waals surface area (Å²) in [5, 5.41) is 0. The monoisotopic (exact) mass is 137 g/mol. The van der Waals surface area contributed by atoms with Crippen molar-refractivity contribution in [2.24, 2.45) is 0 Å². The van der Waals surface area contributed by atoms with Gasteiger partial charge in [0.05, 0.1) is 0 Å². The number of nitrogens with one attached hydrogen (secondary N) is 1. The zero-order chi connectivity index (χ0) is 7.40. The summed E-state index contributed by atoms with van der Waals surface area (Å²) in [6.45, 7) is 3.26. The van der Waals surface area contributed by atoms with Gasteiger partial charge in [0.1, 0.15) is 5.75 Å². The molecule has 0 saturated heterocycles. The smallest absolute Gasteiger partial charge is 0.335 e. The van der Waals surface area contributed by atoms with Crippen LogP contribution in [0.2, 0.25) is 0 Å². The van der Waals surface area contributed by atoms with Crippen LogP contribution in [0.1, 0.15) is 0 Å². The second kappa shape index (κ2) is 2.87. The fourth-order valence-electron chi connectivity index (χ4n) is 0.530. The van der Waals surface area contributed by atoms with Gasteiger partial charge in [-0.05, 0) is 6.07 Å². The van der Waals surface area contributed by atoms with Gasteiger partial charge in [0.15, 0.2) is 0 Å². The van der Waals surface area contributed by atoms with Crippen LogP contribution in [0.25, 0.3) is 0 Å². The first-order valence-electron chi connectivity index (χ1n) is 2.80. The normalized spacial score (nSPS) is 8.80. The van der Waals surface area contributed by atoms with Crippen LogP contribution in [-0.4, -0.2) is 11.0 Å². The zero-order valence-corrected chi connectivity index (χ0v) is 5.33. The van der Waals surface area contributed by atoms with Gasteiger partial charge in [-0.15, -0.1) is 0 Å². The number of aromatic amines is 1. The number of carbonyl (C=O) groups excluding carboxylic acids is 1. The van der Waals surface area contributed by atoms with Crippen molar-refractivity contribution in [2.75, 3.05) is 0 Å². The number of carbonyl (C=O) groups is 1. The Labute approximate surface area is 58.3 Å². The molecule has 0 aliphatic rings. The Morgan fingerprint density at radius 3 is 3.10 bits per heavy atom. The Morgan fingerprint density at radius 2 is 2.60 bits per heavy atom. The topological polar surface area (TPSA) is 42.1 Å². The van der Waals surface area contributed by atoms with E-state index in [9.17, 15) is 4.79 Å². The molecule has 1 aromatic rings. The van der Waals surface area contributed by atoms with E-state index in [1.54, 1.807) is 18.5 Å². The summed E-state index contributed by atoms with van der Waals surface area (Å²) in [5.41, 5.74) is 0. The van der Waals surface area contributed by atoms with Crippen LogP contribution >= 0.6 is 0 Å². The van der Waals surface area contributed by atoms with Crippen molar-refractivity contribution in [2.45, 2.75) is 0 Å². The summed E-state index contributed by atoms with van der Waals surface area (Å²) in [7, 11) is 0.